The first kappa shape index (κ1) is 21.7. The zero-order valence-electron chi connectivity index (χ0n) is 18.4. The standard InChI is InChI=1S/C24H26FN5O3/c1-29-16(6-9-27-29)14-30-10-7-24(33,8-11-30)19-3-4-20-18(22(19)25)12-15(13-26-20)17-2-5-21(31)28-23(17)32/h3-4,6,9,12-13,17,33H,2,5,7-8,10-11,14H2,1H3,(H,28,31,32). The Morgan fingerprint density at radius 3 is 2.73 bits per heavy atom. The summed E-state index contributed by atoms with van der Waals surface area (Å²) in [5, 5.41) is 18.2. The third-order valence-electron chi connectivity index (χ3n) is 6.95. The highest BCUT2D eigenvalue weighted by Crippen LogP contribution is 2.37. The quantitative estimate of drug-likeness (QED) is 0.590. The van der Waals surface area contributed by atoms with Crippen molar-refractivity contribution in [2.24, 2.45) is 7.05 Å². The minimum atomic E-state index is -1.27. The molecule has 8 nitrogen and oxygen atoms in total. The third-order valence-corrected chi connectivity index (χ3v) is 6.95. The fourth-order valence-corrected chi connectivity index (χ4v) is 4.88. The van der Waals surface area contributed by atoms with Crippen molar-refractivity contribution < 1.29 is 19.1 Å². The maximum absolute atomic E-state index is 15.7. The average molecular weight is 452 g/mol. The first-order valence-electron chi connectivity index (χ1n) is 11.2. The van der Waals surface area contributed by atoms with E-state index in [2.05, 4.69) is 20.3 Å². The number of aliphatic hydroxyl groups is 1. The van der Waals surface area contributed by atoms with Crippen LogP contribution in [0.1, 0.15) is 48.4 Å². The van der Waals surface area contributed by atoms with Crippen LogP contribution in [-0.2, 0) is 28.8 Å². The van der Waals surface area contributed by atoms with Gasteiger partial charge in [0, 0.05) is 56.4 Å². The average Bonchev–Trinajstić information content (AvgIpc) is 3.20. The molecule has 5 rings (SSSR count). The van der Waals surface area contributed by atoms with Gasteiger partial charge >= 0.3 is 0 Å². The number of fused-ring (bicyclic) bond motifs is 1. The lowest BCUT2D eigenvalue weighted by Gasteiger charge is -2.38. The molecule has 2 fully saturated rings. The number of aryl methyl sites for hydroxylation is 1. The van der Waals surface area contributed by atoms with Crippen molar-refractivity contribution in [1.29, 1.82) is 0 Å². The molecule has 1 unspecified atom stereocenters. The molecule has 2 amide bonds. The van der Waals surface area contributed by atoms with Crippen LogP contribution >= 0.6 is 0 Å². The number of nitrogens with one attached hydrogen (secondary N) is 1. The largest absolute Gasteiger partial charge is 0.385 e. The molecule has 2 saturated heterocycles. The van der Waals surface area contributed by atoms with Gasteiger partial charge in [-0.2, -0.15) is 5.10 Å². The molecule has 4 heterocycles. The molecular formula is C24H26FN5O3. The Kier molecular flexibility index (Phi) is 5.46. The molecule has 0 spiro atoms. The van der Waals surface area contributed by atoms with Crippen LogP contribution in [0.25, 0.3) is 10.9 Å². The molecule has 0 saturated carbocycles. The van der Waals surface area contributed by atoms with Crippen LogP contribution in [0, 0.1) is 5.82 Å². The van der Waals surface area contributed by atoms with Gasteiger partial charge in [-0.25, -0.2) is 4.39 Å². The van der Waals surface area contributed by atoms with Crippen LogP contribution < -0.4 is 5.32 Å². The molecule has 0 aliphatic carbocycles. The maximum atomic E-state index is 15.7. The van der Waals surface area contributed by atoms with Gasteiger partial charge < -0.3 is 5.11 Å². The normalized spacial score (nSPS) is 21.4. The Bertz CT molecular complexity index is 1230. The van der Waals surface area contributed by atoms with Crippen molar-refractivity contribution in [3.63, 3.8) is 0 Å². The van der Waals surface area contributed by atoms with Crippen molar-refractivity contribution in [2.45, 2.75) is 43.7 Å². The lowest BCUT2D eigenvalue weighted by atomic mass is 9.83. The van der Waals surface area contributed by atoms with Gasteiger partial charge in [-0.05, 0) is 43.0 Å². The summed E-state index contributed by atoms with van der Waals surface area (Å²) in [5.74, 6) is -1.73. The number of amides is 2. The lowest BCUT2D eigenvalue weighted by Crippen LogP contribution is -2.42. The van der Waals surface area contributed by atoms with Crippen LogP contribution in [0.3, 0.4) is 0 Å². The number of benzene rings is 1. The fraction of sp³-hybridized carbons (Fsp3) is 0.417. The molecule has 33 heavy (non-hydrogen) atoms. The predicted molar refractivity (Wildman–Crippen MR) is 118 cm³/mol. The fourth-order valence-electron chi connectivity index (χ4n) is 4.88. The monoisotopic (exact) mass is 451 g/mol. The van der Waals surface area contributed by atoms with Gasteiger partial charge in [-0.1, -0.05) is 6.07 Å². The Morgan fingerprint density at radius 2 is 2.03 bits per heavy atom. The zero-order chi connectivity index (χ0) is 23.2. The van der Waals surface area contributed by atoms with Gasteiger partial charge in [0.25, 0.3) is 0 Å². The highest BCUT2D eigenvalue weighted by atomic mass is 19.1. The number of rotatable bonds is 4. The minimum Gasteiger partial charge on any atom is -0.385 e. The molecule has 2 N–H and O–H groups in total. The summed E-state index contributed by atoms with van der Waals surface area (Å²) in [5.41, 5.74) is 1.11. The number of pyridine rings is 1. The van der Waals surface area contributed by atoms with Crippen LogP contribution in [-0.4, -0.2) is 49.7 Å². The molecule has 2 aliphatic heterocycles. The van der Waals surface area contributed by atoms with Crippen molar-refractivity contribution in [2.75, 3.05) is 13.1 Å². The van der Waals surface area contributed by atoms with Gasteiger partial charge in [0.2, 0.25) is 11.8 Å². The molecule has 1 atom stereocenters. The van der Waals surface area contributed by atoms with Gasteiger partial charge in [0.05, 0.1) is 22.7 Å². The topological polar surface area (TPSA) is 100 Å². The number of aromatic nitrogens is 3. The zero-order valence-corrected chi connectivity index (χ0v) is 18.4. The van der Waals surface area contributed by atoms with E-state index in [1.807, 2.05) is 17.8 Å². The summed E-state index contributed by atoms with van der Waals surface area (Å²) < 4.78 is 17.5. The summed E-state index contributed by atoms with van der Waals surface area (Å²) in [6.45, 7) is 1.99. The SMILES string of the molecule is Cn1nccc1CN1CCC(O)(c2ccc3ncc(C4CCC(=O)NC4=O)cc3c2F)CC1. The molecule has 3 aromatic rings. The number of hydrogen-bond acceptors (Lipinski definition) is 6. The number of likely N-dealkylation sites (tertiary alicyclic amines) is 1. The number of nitrogens with zero attached hydrogens (tertiary/aromatic N) is 4. The van der Waals surface area contributed by atoms with Crippen molar-refractivity contribution in [3.8, 4) is 0 Å². The molecule has 0 radical (unpaired) electrons. The number of carbonyl (C=O) groups excluding carboxylic acids is 2. The van der Waals surface area contributed by atoms with E-state index in [4.69, 9.17) is 0 Å². The summed E-state index contributed by atoms with van der Waals surface area (Å²) >= 11 is 0. The van der Waals surface area contributed by atoms with E-state index in [1.165, 1.54) is 0 Å². The minimum absolute atomic E-state index is 0.242. The van der Waals surface area contributed by atoms with Gasteiger partial charge in [-0.15, -0.1) is 0 Å². The Hall–Kier alpha value is -3.17. The van der Waals surface area contributed by atoms with E-state index in [1.54, 1.807) is 30.6 Å². The van der Waals surface area contributed by atoms with Crippen LogP contribution in [0.4, 0.5) is 4.39 Å². The van der Waals surface area contributed by atoms with Crippen LogP contribution in [0.5, 0.6) is 0 Å². The van der Waals surface area contributed by atoms with Gasteiger partial charge in [0.1, 0.15) is 5.82 Å². The van der Waals surface area contributed by atoms with E-state index in [9.17, 15) is 14.7 Å². The van der Waals surface area contributed by atoms with E-state index in [0.717, 1.165) is 12.2 Å². The maximum Gasteiger partial charge on any atom is 0.234 e. The van der Waals surface area contributed by atoms with E-state index < -0.39 is 17.3 Å². The molecular weight excluding hydrogens is 425 g/mol. The van der Waals surface area contributed by atoms with Crippen molar-refractivity contribution in [1.82, 2.24) is 25.0 Å². The van der Waals surface area contributed by atoms with E-state index in [-0.39, 0.29) is 29.2 Å². The van der Waals surface area contributed by atoms with Crippen molar-refractivity contribution in [3.05, 3.63) is 59.3 Å². The summed E-state index contributed by atoms with van der Waals surface area (Å²) in [4.78, 5) is 30.3. The van der Waals surface area contributed by atoms with Gasteiger partial charge in [-0.3, -0.25) is 29.5 Å². The highest BCUT2D eigenvalue weighted by Gasteiger charge is 2.37. The number of hydrogen-bond donors (Lipinski definition) is 2. The predicted octanol–water partition coefficient (Wildman–Crippen LogP) is 2.11. The third kappa shape index (κ3) is 4.02. The number of carbonyl (C=O) groups is 2. The lowest BCUT2D eigenvalue weighted by molar-refractivity contribution is -0.134. The second-order valence-corrected chi connectivity index (χ2v) is 9.02. The summed E-state index contributed by atoms with van der Waals surface area (Å²) in [6.07, 6.45) is 4.76. The Labute approximate surface area is 190 Å². The number of imide groups is 1. The molecule has 9 heteroatoms. The smallest absolute Gasteiger partial charge is 0.234 e. The Morgan fingerprint density at radius 1 is 1.24 bits per heavy atom. The first-order valence-corrected chi connectivity index (χ1v) is 11.2. The summed E-state index contributed by atoms with van der Waals surface area (Å²) in [6, 6.07) is 6.92. The second-order valence-electron chi connectivity index (χ2n) is 9.02. The second kappa shape index (κ2) is 8.31. The van der Waals surface area contributed by atoms with E-state index >= 15 is 4.39 Å². The van der Waals surface area contributed by atoms with Gasteiger partial charge in [0.15, 0.2) is 0 Å². The number of halogens is 1. The molecule has 2 aliphatic rings. The van der Waals surface area contributed by atoms with E-state index in [0.29, 0.717) is 43.4 Å². The van der Waals surface area contributed by atoms with Crippen LogP contribution in [0.15, 0.2) is 36.7 Å². The van der Waals surface area contributed by atoms with Crippen molar-refractivity contribution >= 4 is 22.7 Å². The summed E-state index contributed by atoms with van der Waals surface area (Å²) in [7, 11) is 1.90. The molecule has 2 aromatic heterocycles. The molecule has 1 aromatic carbocycles. The highest BCUT2D eigenvalue weighted by molar-refractivity contribution is 6.01. The Balaban J connectivity index is 1.39. The number of piperidine rings is 2. The molecule has 172 valence electrons. The first-order chi connectivity index (χ1) is 15.8. The van der Waals surface area contributed by atoms with Crippen LogP contribution in [0.2, 0.25) is 0 Å². The molecule has 0 bridgehead atoms.